The first-order valence-corrected chi connectivity index (χ1v) is 7.08. The van der Waals surface area contributed by atoms with Crippen LogP contribution in [0.2, 0.25) is 0 Å². The predicted octanol–water partition coefficient (Wildman–Crippen LogP) is 3.17. The average molecular weight is 265 g/mol. The van der Waals surface area contributed by atoms with Gasteiger partial charge in [0, 0.05) is 19.7 Å². The molecule has 0 saturated heterocycles. The van der Waals surface area contributed by atoms with Crippen LogP contribution in [0.5, 0.6) is 5.75 Å². The second-order valence-electron chi connectivity index (χ2n) is 5.12. The normalized spacial score (nSPS) is 14.1. The lowest BCUT2D eigenvalue weighted by Crippen LogP contribution is -2.30. The van der Waals surface area contributed by atoms with Crippen molar-refractivity contribution in [1.29, 1.82) is 0 Å². The molecule has 3 nitrogen and oxygen atoms in total. The third-order valence-electron chi connectivity index (χ3n) is 3.23. The second-order valence-corrected chi connectivity index (χ2v) is 5.12. The number of rotatable bonds is 9. The smallest absolute Gasteiger partial charge is 0.122 e. The van der Waals surface area contributed by atoms with Gasteiger partial charge in [0.25, 0.3) is 0 Å². The summed E-state index contributed by atoms with van der Waals surface area (Å²) in [4.78, 5) is 0. The van der Waals surface area contributed by atoms with Crippen LogP contribution in [0.3, 0.4) is 0 Å². The maximum absolute atomic E-state index is 5.97. The van der Waals surface area contributed by atoms with Gasteiger partial charge in [-0.1, -0.05) is 18.2 Å². The molecule has 1 aromatic carbocycles. The molecular formula is C16H27NO2. The van der Waals surface area contributed by atoms with Gasteiger partial charge < -0.3 is 14.8 Å². The van der Waals surface area contributed by atoms with Crippen LogP contribution >= 0.6 is 0 Å². The highest BCUT2D eigenvalue weighted by molar-refractivity contribution is 5.31. The Bertz CT molecular complexity index is 354. The molecule has 0 heterocycles. The van der Waals surface area contributed by atoms with Crippen molar-refractivity contribution in [2.24, 2.45) is 0 Å². The van der Waals surface area contributed by atoms with Crippen molar-refractivity contribution >= 4 is 0 Å². The van der Waals surface area contributed by atoms with Crippen molar-refractivity contribution in [3.8, 4) is 5.75 Å². The highest BCUT2D eigenvalue weighted by Gasteiger charge is 2.08. The van der Waals surface area contributed by atoms with Crippen molar-refractivity contribution < 1.29 is 9.47 Å². The Morgan fingerprint density at radius 3 is 2.58 bits per heavy atom. The Hall–Kier alpha value is -1.06. The molecule has 0 aliphatic carbocycles. The summed E-state index contributed by atoms with van der Waals surface area (Å²) in [5, 5.41) is 3.43. The van der Waals surface area contributed by atoms with E-state index in [9.17, 15) is 0 Å². The summed E-state index contributed by atoms with van der Waals surface area (Å²) in [5.41, 5.74) is 1.20. The summed E-state index contributed by atoms with van der Waals surface area (Å²) in [6.07, 6.45) is 2.40. The zero-order valence-electron chi connectivity index (χ0n) is 12.6. The molecule has 0 fully saturated rings. The van der Waals surface area contributed by atoms with Gasteiger partial charge >= 0.3 is 0 Å². The fourth-order valence-electron chi connectivity index (χ4n) is 1.96. The van der Waals surface area contributed by atoms with E-state index >= 15 is 0 Å². The van der Waals surface area contributed by atoms with Gasteiger partial charge in [-0.2, -0.15) is 0 Å². The number of nitrogens with one attached hydrogen (secondary N) is 1. The minimum absolute atomic E-state index is 0.243. The summed E-state index contributed by atoms with van der Waals surface area (Å²) >= 11 is 0. The van der Waals surface area contributed by atoms with Crippen molar-refractivity contribution in [3.05, 3.63) is 29.8 Å². The minimum Gasteiger partial charge on any atom is -0.490 e. The maximum Gasteiger partial charge on any atom is 0.122 e. The third-order valence-corrected chi connectivity index (χ3v) is 3.23. The number of hydrogen-bond donors (Lipinski definition) is 1. The molecule has 108 valence electrons. The molecule has 0 amide bonds. The van der Waals surface area contributed by atoms with Crippen molar-refractivity contribution in [2.75, 3.05) is 20.3 Å². The molecule has 0 aliphatic rings. The average Bonchev–Trinajstić information content (AvgIpc) is 2.39. The number of para-hydroxylation sites is 1. The molecule has 0 aliphatic heterocycles. The molecule has 19 heavy (non-hydrogen) atoms. The van der Waals surface area contributed by atoms with Crippen molar-refractivity contribution in [2.45, 2.75) is 45.8 Å². The zero-order chi connectivity index (χ0) is 14.1. The number of ether oxygens (including phenoxy) is 2. The van der Waals surface area contributed by atoms with Crippen molar-refractivity contribution in [3.63, 3.8) is 0 Å². The summed E-state index contributed by atoms with van der Waals surface area (Å²) in [6, 6.07) is 8.67. The highest BCUT2D eigenvalue weighted by atomic mass is 16.5. The number of methoxy groups -OCH3 is 1. The Balaban J connectivity index is 2.24. The Kier molecular flexibility index (Phi) is 7.53. The molecule has 3 heteroatoms. The zero-order valence-corrected chi connectivity index (χ0v) is 12.6. The SMILES string of the molecule is COCCNC(C)CCC(C)Oc1ccccc1C. The molecule has 2 atom stereocenters. The van der Waals surface area contributed by atoms with E-state index in [2.05, 4.69) is 32.2 Å². The second kappa shape index (κ2) is 8.94. The van der Waals surface area contributed by atoms with Crippen molar-refractivity contribution in [1.82, 2.24) is 5.32 Å². The van der Waals surface area contributed by atoms with Crippen LogP contribution < -0.4 is 10.1 Å². The Morgan fingerprint density at radius 1 is 1.16 bits per heavy atom. The summed E-state index contributed by atoms with van der Waals surface area (Å²) in [7, 11) is 1.73. The number of hydrogen-bond acceptors (Lipinski definition) is 3. The van der Waals surface area contributed by atoms with Crippen LogP contribution in [0.15, 0.2) is 24.3 Å². The van der Waals surface area contributed by atoms with E-state index in [-0.39, 0.29) is 6.10 Å². The standard InChI is InChI=1S/C16H27NO2/c1-13-7-5-6-8-16(13)19-15(3)10-9-14(2)17-11-12-18-4/h5-8,14-15,17H,9-12H2,1-4H3. The molecule has 0 radical (unpaired) electrons. The Labute approximate surface area is 117 Å². The van der Waals surface area contributed by atoms with Gasteiger partial charge in [-0.15, -0.1) is 0 Å². The lowest BCUT2D eigenvalue weighted by molar-refractivity contribution is 0.187. The minimum atomic E-state index is 0.243. The highest BCUT2D eigenvalue weighted by Crippen LogP contribution is 2.19. The van der Waals surface area contributed by atoms with Gasteiger partial charge in [0.15, 0.2) is 0 Å². The molecule has 0 bridgehead atoms. The quantitative estimate of drug-likeness (QED) is 0.696. The van der Waals surface area contributed by atoms with Crippen LogP contribution in [0.25, 0.3) is 0 Å². The van der Waals surface area contributed by atoms with Gasteiger partial charge in [0.2, 0.25) is 0 Å². The van der Waals surface area contributed by atoms with E-state index in [1.807, 2.05) is 18.2 Å². The lowest BCUT2D eigenvalue weighted by Gasteiger charge is -2.19. The summed E-state index contributed by atoms with van der Waals surface area (Å²) in [5.74, 6) is 0.995. The van der Waals surface area contributed by atoms with Gasteiger partial charge in [0.05, 0.1) is 12.7 Å². The van der Waals surface area contributed by atoms with E-state index in [4.69, 9.17) is 9.47 Å². The first kappa shape index (κ1) is 16.0. The molecule has 1 aromatic rings. The van der Waals surface area contributed by atoms with E-state index in [0.29, 0.717) is 6.04 Å². The van der Waals surface area contributed by atoms with Gasteiger partial charge in [0.1, 0.15) is 5.75 Å². The van der Waals surface area contributed by atoms with Crippen LogP contribution in [0.4, 0.5) is 0 Å². The largest absolute Gasteiger partial charge is 0.490 e. The summed E-state index contributed by atoms with van der Waals surface area (Å²) in [6.45, 7) is 8.09. The van der Waals surface area contributed by atoms with E-state index in [1.54, 1.807) is 7.11 Å². The fourth-order valence-corrected chi connectivity index (χ4v) is 1.96. The fraction of sp³-hybridized carbons (Fsp3) is 0.625. The molecule has 0 aromatic heterocycles. The van der Waals surface area contributed by atoms with Gasteiger partial charge in [-0.25, -0.2) is 0 Å². The number of benzene rings is 1. The van der Waals surface area contributed by atoms with Gasteiger partial charge in [-0.3, -0.25) is 0 Å². The van der Waals surface area contributed by atoms with Crippen LogP contribution in [-0.2, 0) is 4.74 Å². The van der Waals surface area contributed by atoms with Crippen LogP contribution in [0.1, 0.15) is 32.3 Å². The molecule has 0 spiro atoms. The predicted molar refractivity (Wildman–Crippen MR) is 79.8 cm³/mol. The maximum atomic E-state index is 5.97. The monoisotopic (exact) mass is 265 g/mol. The van der Waals surface area contributed by atoms with E-state index in [1.165, 1.54) is 5.56 Å². The van der Waals surface area contributed by atoms with Crippen LogP contribution in [-0.4, -0.2) is 32.4 Å². The van der Waals surface area contributed by atoms with E-state index in [0.717, 1.165) is 31.7 Å². The first-order valence-electron chi connectivity index (χ1n) is 7.08. The van der Waals surface area contributed by atoms with Gasteiger partial charge in [-0.05, 0) is 45.2 Å². The molecule has 1 rings (SSSR count). The Morgan fingerprint density at radius 2 is 1.89 bits per heavy atom. The molecule has 1 N–H and O–H groups in total. The third kappa shape index (κ3) is 6.60. The van der Waals surface area contributed by atoms with E-state index < -0.39 is 0 Å². The number of aryl methyl sites for hydroxylation is 1. The molecule has 2 unspecified atom stereocenters. The first-order chi connectivity index (χ1) is 9.13. The lowest BCUT2D eigenvalue weighted by atomic mass is 10.1. The molecular weight excluding hydrogens is 238 g/mol. The summed E-state index contributed by atoms with van der Waals surface area (Å²) < 4.78 is 11.0. The molecule has 0 saturated carbocycles. The topological polar surface area (TPSA) is 30.5 Å². The van der Waals surface area contributed by atoms with Crippen LogP contribution in [0, 0.1) is 6.92 Å².